The van der Waals surface area contributed by atoms with Crippen LogP contribution >= 0.6 is 0 Å². The minimum Gasteiger partial charge on any atom is -0.456 e. The van der Waals surface area contributed by atoms with Gasteiger partial charge in [-0.15, -0.1) is 0 Å². The summed E-state index contributed by atoms with van der Waals surface area (Å²) >= 11 is 0. The zero-order valence-electron chi connectivity index (χ0n) is 39.3. The normalized spacial score (nSPS) is 15.0. The zero-order chi connectivity index (χ0) is 47.1. The summed E-state index contributed by atoms with van der Waals surface area (Å²) in [5, 5.41) is 7.77. The molecule has 1 aromatic heterocycles. The van der Waals surface area contributed by atoms with E-state index >= 15 is 0 Å². The Kier molecular flexibility index (Phi) is 9.39. The summed E-state index contributed by atoms with van der Waals surface area (Å²) in [4.78, 5) is 2.44. The van der Waals surface area contributed by atoms with Crippen molar-refractivity contribution >= 4 is 67.8 Å². The van der Waals surface area contributed by atoms with Crippen LogP contribution < -0.4 is 25.6 Å². The third-order valence-electron chi connectivity index (χ3n) is 15.6. The van der Waals surface area contributed by atoms with E-state index in [1.54, 1.807) is 0 Å². The Hall–Kier alpha value is -8.76. The molecular formula is C68H47NOSi. The number of para-hydroxylation sites is 1. The fourth-order valence-electron chi connectivity index (χ4n) is 12.3. The first-order chi connectivity index (χ1) is 35.1. The zero-order valence-corrected chi connectivity index (χ0v) is 40.3. The van der Waals surface area contributed by atoms with Gasteiger partial charge in [0.05, 0.1) is 0 Å². The van der Waals surface area contributed by atoms with Crippen LogP contribution in [0.25, 0.3) is 66.4 Å². The predicted octanol–water partition coefficient (Wildman–Crippen LogP) is 15.1. The number of hydrogen-bond donors (Lipinski definition) is 0. The minimum atomic E-state index is -2.90. The molecule has 0 radical (unpaired) electrons. The Morgan fingerprint density at radius 2 is 0.901 bits per heavy atom. The first-order valence-electron chi connectivity index (χ1n) is 24.7. The summed E-state index contributed by atoms with van der Waals surface area (Å²) in [6.45, 7) is 2.39. The second-order valence-electron chi connectivity index (χ2n) is 19.3. The topological polar surface area (TPSA) is 16.4 Å². The predicted molar refractivity (Wildman–Crippen MR) is 299 cm³/mol. The molecule has 0 spiro atoms. The lowest BCUT2D eigenvalue weighted by Gasteiger charge is -2.34. The molecule has 2 aliphatic rings. The van der Waals surface area contributed by atoms with Crippen LogP contribution in [0.3, 0.4) is 0 Å². The van der Waals surface area contributed by atoms with Gasteiger partial charge < -0.3 is 9.32 Å². The summed E-state index contributed by atoms with van der Waals surface area (Å²) < 4.78 is 6.63. The molecule has 1 unspecified atom stereocenters. The molecule has 0 bridgehead atoms. The highest BCUT2D eigenvalue weighted by atomic mass is 28.3. The monoisotopic (exact) mass is 921 g/mol. The maximum Gasteiger partial charge on any atom is 0.180 e. The molecule has 1 aliphatic heterocycles. The number of nitrogens with zero attached hydrogens (tertiary/aromatic N) is 1. The van der Waals surface area contributed by atoms with Crippen molar-refractivity contribution in [2.24, 2.45) is 0 Å². The van der Waals surface area contributed by atoms with Crippen molar-refractivity contribution in [3.8, 4) is 44.5 Å². The summed E-state index contributed by atoms with van der Waals surface area (Å²) in [6, 6.07) is 99.2. The average molecular weight is 922 g/mol. The van der Waals surface area contributed by atoms with Crippen LogP contribution in [0.2, 0.25) is 0 Å². The largest absolute Gasteiger partial charge is 0.456 e. The highest BCUT2D eigenvalue weighted by Crippen LogP contribution is 2.53. The Balaban J connectivity index is 0.985. The van der Waals surface area contributed by atoms with E-state index in [0.29, 0.717) is 0 Å². The van der Waals surface area contributed by atoms with E-state index in [2.05, 4.69) is 273 Å². The Morgan fingerprint density at radius 1 is 0.338 bits per heavy atom. The quantitative estimate of drug-likeness (QED) is 0.141. The first kappa shape index (κ1) is 41.2. The lowest BCUT2D eigenvalue weighted by atomic mass is 9.74. The van der Waals surface area contributed by atoms with E-state index in [1.807, 2.05) is 6.07 Å². The molecule has 1 aliphatic carbocycles. The van der Waals surface area contributed by atoms with Gasteiger partial charge in [-0.2, -0.15) is 0 Å². The molecule has 0 saturated heterocycles. The Labute approximate surface area is 415 Å². The van der Waals surface area contributed by atoms with Crippen molar-refractivity contribution in [2.75, 3.05) is 4.90 Å². The first-order valence-corrected chi connectivity index (χ1v) is 26.7. The third-order valence-corrected chi connectivity index (χ3v) is 20.5. The molecule has 2 heterocycles. The van der Waals surface area contributed by atoms with Gasteiger partial charge in [0, 0.05) is 39.3 Å². The van der Waals surface area contributed by atoms with Crippen LogP contribution in [0.4, 0.5) is 17.1 Å². The van der Waals surface area contributed by atoms with Gasteiger partial charge in [0.2, 0.25) is 0 Å². The maximum atomic E-state index is 6.63. The van der Waals surface area contributed by atoms with Crippen LogP contribution in [0.15, 0.2) is 271 Å². The summed E-state index contributed by atoms with van der Waals surface area (Å²) in [5.74, 6) is 0. The van der Waals surface area contributed by atoms with E-state index in [-0.39, 0.29) is 5.41 Å². The van der Waals surface area contributed by atoms with Gasteiger partial charge in [-0.25, -0.2) is 0 Å². The van der Waals surface area contributed by atoms with Crippen molar-refractivity contribution in [2.45, 2.75) is 12.3 Å². The second kappa shape index (κ2) is 16.2. The molecule has 12 aromatic rings. The Bertz CT molecular complexity index is 3960. The minimum absolute atomic E-state index is 0.280. The fraction of sp³-hybridized carbons (Fsp3) is 0.0294. The van der Waals surface area contributed by atoms with Crippen LogP contribution in [0, 0.1) is 0 Å². The number of fused-ring (bicyclic) bond motifs is 9. The molecule has 71 heavy (non-hydrogen) atoms. The van der Waals surface area contributed by atoms with Crippen molar-refractivity contribution in [3.63, 3.8) is 0 Å². The van der Waals surface area contributed by atoms with E-state index in [9.17, 15) is 0 Å². The van der Waals surface area contributed by atoms with Crippen molar-refractivity contribution in [1.29, 1.82) is 0 Å². The SMILES string of the molecule is CC1(c2ccccc2)c2ccccc2-c2ccc(-c3ccc(N(c4cc(-c5ccccc5)cc([Si]5(c6ccccc6)c6ccccc6-c6ccccc65)c4)c4ccc5c(c4)oc4ccccc45)cc3)cc21. The molecule has 1 atom stereocenters. The average Bonchev–Trinajstić information content (AvgIpc) is 4.06. The van der Waals surface area contributed by atoms with Crippen LogP contribution in [-0.4, -0.2) is 8.07 Å². The lowest BCUT2D eigenvalue weighted by molar-refractivity contribution is 0.669. The van der Waals surface area contributed by atoms with Crippen molar-refractivity contribution in [3.05, 3.63) is 284 Å². The molecule has 3 heteroatoms. The highest BCUT2D eigenvalue weighted by molar-refractivity contribution is 7.22. The van der Waals surface area contributed by atoms with Gasteiger partial charge in [-0.3, -0.25) is 0 Å². The third kappa shape index (κ3) is 6.26. The van der Waals surface area contributed by atoms with Gasteiger partial charge in [0.1, 0.15) is 11.2 Å². The second-order valence-corrected chi connectivity index (χ2v) is 23.0. The summed E-state index contributed by atoms with van der Waals surface area (Å²) in [6.07, 6.45) is 0. The summed E-state index contributed by atoms with van der Waals surface area (Å²) in [5.41, 5.74) is 18.6. The molecule has 0 N–H and O–H groups in total. The van der Waals surface area contributed by atoms with E-state index in [1.165, 1.54) is 81.9 Å². The molecule has 14 rings (SSSR count). The maximum absolute atomic E-state index is 6.63. The lowest BCUT2D eigenvalue weighted by Crippen LogP contribution is -2.72. The van der Waals surface area contributed by atoms with Gasteiger partial charge in [-0.1, -0.05) is 212 Å². The van der Waals surface area contributed by atoms with Crippen molar-refractivity contribution < 1.29 is 4.42 Å². The highest BCUT2D eigenvalue weighted by Gasteiger charge is 2.49. The van der Waals surface area contributed by atoms with Crippen LogP contribution in [0.5, 0.6) is 0 Å². The Morgan fingerprint density at radius 3 is 1.65 bits per heavy atom. The molecule has 2 nitrogen and oxygen atoms in total. The fourth-order valence-corrected chi connectivity index (χ4v) is 17.6. The number of hydrogen-bond acceptors (Lipinski definition) is 2. The molecule has 11 aromatic carbocycles. The molecule has 0 fully saturated rings. The van der Waals surface area contributed by atoms with Gasteiger partial charge in [0.15, 0.2) is 8.07 Å². The summed E-state index contributed by atoms with van der Waals surface area (Å²) in [7, 11) is -2.90. The van der Waals surface area contributed by atoms with Crippen molar-refractivity contribution in [1.82, 2.24) is 0 Å². The van der Waals surface area contributed by atoms with Gasteiger partial charge in [-0.05, 0) is 137 Å². The number of furan rings is 1. The smallest absolute Gasteiger partial charge is 0.180 e. The molecular weight excluding hydrogens is 875 g/mol. The standard InChI is InChI=1S/C68H47NOSi/c1-68(50-21-7-3-8-22-50)62-29-15-11-25-56(62)57-39-35-48(43-63(57)68)47-33-36-51(37-34-47)69(52-38-40-59-58-26-12-16-30-64(58)70-65(59)45-52)53-41-49(46-19-5-2-6-20-46)42-55(44-53)71(54-23-9-4-10-24-54)66-31-17-13-27-60(66)61-28-14-18-32-67(61)71/h2-45H,1H3. The van der Waals surface area contributed by atoms with Crippen LogP contribution in [-0.2, 0) is 5.41 Å². The van der Waals surface area contributed by atoms with Gasteiger partial charge in [0.25, 0.3) is 0 Å². The van der Waals surface area contributed by atoms with Gasteiger partial charge >= 0.3 is 0 Å². The van der Waals surface area contributed by atoms with E-state index in [4.69, 9.17) is 4.42 Å². The molecule has 0 saturated carbocycles. The molecule has 334 valence electrons. The number of rotatable bonds is 8. The van der Waals surface area contributed by atoms with E-state index < -0.39 is 8.07 Å². The van der Waals surface area contributed by atoms with Crippen LogP contribution in [0.1, 0.15) is 23.6 Å². The molecule has 0 amide bonds. The number of anilines is 3. The van der Waals surface area contributed by atoms with E-state index in [0.717, 1.165) is 39.0 Å². The number of benzene rings is 11.